The lowest BCUT2D eigenvalue weighted by molar-refractivity contribution is -0.137. The van der Waals surface area contributed by atoms with Crippen LogP contribution in [0, 0.1) is 0 Å². The Morgan fingerprint density at radius 2 is 2.10 bits per heavy atom. The summed E-state index contributed by atoms with van der Waals surface area (Å²) in [6, 6.07) is 0.502. The van der Waals surface area contributed by atoms with Gasteiger partial charge in [0.15, 0.2) is 0 Å². The van der Waals surface area contributed by atoms with Crippen molar-refractivity contribution in [2.45, 2.75) is 45.2 Å². The largest absolute Gasteiger partial charge is 0.480 e. The minimum absolute atomic E-state index is 0.117. The molecule has 0 radical (unpaired) electrons. The van der Waals surface area contributed by atoms with Crippen molar-refractivity contribution >= 4 is 12.0 Å². The number of urea groups is 1. The van der Waals surface area contributed by atoms with Gasteiger partial charge >= 0.3 is 12.0 Å². The highest BCUT2D eigenvalue weighted by atomic mass is 16.4. The minimum atomic E-state index is -0.945. The molecule has 2 heterocycles. The predicted octanol–water partition coefficient (Wildman–Crippen LogP) is 1.07. The van der Waals surface area contributed by atoms with Crippen LogP contribution in [0.2, 0.25) is 0 Å². The number of nitrogens with zero attached hydrogens (tertiary/aromatic N) is 3. The molecule has 0 aromatic heterocycles. The zero-order valence-corrected chi connectivity index (χ0v) is 12.4. The third-order valence-electron chi connectivity index (χ3n) is 4.27. The number of hydrogen-bond donors (Lipinski definition) is 1. The number of amides is 2. The number of fused-ring (bicyclic) bond motifs is 1. The molecule has 2 fully saturated rings. The van der Waals surface area contributed by atoms with Gasteiger partial charge in [0.2, 0.25) is 0 Å². The van der Waals surface area contributed by atoms with Gasteiger partial charge < -0.3 is 14.9 Å². The van der Waals surface area contributed by atoms with Crippen LogP contribution in [0.4, 0.5) is 4.79 Å². The summed E-state index contributed by atoms with van der Waals surface area (Å²) < 4.78 is 0. The predicted molar refractivity (Wildman–Crippen MR) is 75.7 cm³/mol. The van der Waals surface area contributed by atoms with E-state index < -0.39 is 5.97 Å². The Hall–Kier alpha value is -1.30. The molecule has 1 N–H and O–H groups in total. The second-order valence-corrected chi connectivity index (χ2v) is 5.89. The third kappa shape index (κ3) is 3.23. The Balaban J connectivity index is 2.03. The average molecular weight is 283 g/mol. The molecule has 0 spiro atoms. The number of carbonyl (C=O) groups is 2. The summed E-state index contributed by atoms with van der Waals surface area (Å²) in [5.41, 5.74) is 0. The van der Waals surface area contributed by atoms with E-state index >= 15 is 0 Å². The van der Waals surface area contributed by atoms with E-state index in [-0.39, 0.29) is 18.6 Å². The van der Waals surface area contributed by atoms with Crippen LogP contribution >= 0.6 is 0 Å². The van der Waals surface area contributed by atoms with Crippen LogP contribution in [0.5, 0.6) is 0 Å². The van der Waals surface area contributed by atoms with Gasteiger partial charge in [-0.3, -0.25) is 9.69 Å². The first kappa shape index (κ1) is 15.1. The molecule has 0 bridgehead atoms. The summed E-state index contributed by atoms with van der Waals surface area (Å²) in [5, 5.41) is 8.95. The highest BCUT2D eigenvalue weighted by molar-refractivity contribution is 5.80. The van der Waals surface area contributed by atoms with E-state index in [0.29, 0.717) is 12.6 Å². The first-order valence-corrected chi connectivity index (χ1v) is 7.54. The number of aliphatic carboxylic acids is 1. The van der Waals surface area contributed by atoms with E-state index in [1.807, 2.05) is 11.8 Å². The van der Waals surface area contributed by atoms with Crippen molar-refractivity contribution in [2.75, 3.05) is 32.7 Å². The van der Waals surface area contributed by atoms with E-state index in [4.69, 9.17) is 5.11 Å². The van der Waals surface area contributed by atoms with Crippen molar-refractivity contribution < 1.29 is 14.7 Å². The Kier molecular flexibility index (Phi) is 4.86. The quantitative estimate of drug-likeness (QED) is 0.838. The Morgan fingerprint density at radius 3 is 2.75 bits per heavy atom. The molecule has 6 heteroatoms. The maximum absolute atomic E-state index is 12.6. The van der Waals surface area contributed by atoms with Crippen molar-refractivity contribution in [2.24, 2.45) is 0 Å². The van der Waals surface area contributed by atoms with Crippen LogP contribution in [0.3, 0.4) is 0 Å². The maximum atomic E-state index is 12.6. The Labute approximate surface area is 120 Å². The Morgan fingerprint density at radius 1 is 1.35 bits per heavy atom. The van der Waals surface area contributed by atoms with Crippen molar-refractivity contribution in [3.05, 3.63) is 0 Å². The van der Waals surface area contributed by atoms with Crippen molar-refractivity contribution in [1.82, 2.24) is 14.7 Å². The van der Waals surface area contributed by atoms with Gasteiger partial charge in [0.05, 0.1) is 0 Å². The molecule has 2 amide bonds. The average Bonchev–Trinajstić information content (AvgIpc) is 2.83. The highest BCUT2D eigenvalue weighted by Gasteiger charge is 2.37. The summed E-state index contributed by atoms with van der Waals surface area (Å²) in [6.45, 7) is 7.08. The van der Waals surface area contributed by atoms with Crippen LogP contribution in [0.25, 0.3) is 0 Å². The standard InChI is InChI=1S/C14H25N3O3/c1-3-6-16(10-13(18)19)14(20)17-9-12-5-4-7-15(12)8-11(17)2/h11-12H,3-10H2,1-2H3,(H,18,19). The number of carboxylic acids is 1. The fourth-order valence-electron chi connectivity index (χ4n) is 3.31. The van der Waals surface area contributed by atoms with E-state index in [1.54, 1.807) is 0 Å². The van der Waals surface area contributed by atoms with Crippen LogP contribution in [0.15, 0.2) is 0 Å². The maximum Gasteiger partial charge on any atom is 0.323 e. The monoisotopic (exact) mass is 283 g/mol. The fraction of sp³-hybridized carbons (Fsp3) is 0.857. The lowest BCUT2D eigenvalue weighted by Gasteiger charge is -2.43. The SMILES string of the molecule is CCCN(CC(=O)O)C(=O)N1CC2CCCN2CC1C. The number of carboxylic acid groups (broad SMARTS) is 1. The molecule has 2 atom stereocenters. The lowest BCUT2D eigenvalue weighted by atomic mass is 10.1. The Bertz CT molecular complexity index is 375. The zero-order chi connectivity index (χ0) is 14.7. The van der Waals surface area contributed by atoms with Crippen LogP contribution < -0.4 is 0 Å². The van der Waals surface area contributed by atoms with Gasteiger partial charge in [-0.1, -0.05) is 6.92 Å². The molecule has 0 saturated carbocycles. The smallest absolute Gasteiger partial charge is 0.323 e. The second-order valence-electron chi connectivity index (χ2n) is 5.89. The molecule has 0 aromatic carbocycles. The minimum Gasteiger partial charge on any atom is -0.480 e. The second kappa shape index (κ2) is 6.43. The van der Waals surface area contributed by atoms with E-state index in [0.717, 1.165) is 32.5 Å². The summed E-state index contributed by atoms with van der Waals surface area (Å²) in [6.07, 6.45) is 3.12. The number of carbonyl (C=O) groups excluding carboxylic acids is 1. The first-order valence-electron chi connectivity index (χ1n) is 7.54. The molecule has 2 aliphatic heterocycles. The van der Waals surface area contributed by atoms with Gasteiger partial charge in [-0.15, -0.1) is 0 Å². The number of piperazine rings is 1. The molecule has 0 aliphatic carbocycles. The summed E-state index contributed by atoms with van der Waals surface area (Å²) in [5.74, 6) is -0.945. The van der Waals surface area contributed by atoms with E-state index in [2.05, 4.69) is 11.8 Å². The summed E-state index contributed by atoms with van der Waals surface area (Å²) in [4.78, 5) is 29.3. The van der Waals surface area contributed by atoms with E-state index in [1.165, 1.54) is 11.3 Å². The zero-order valence-electron chi connectivity index (χ0n) is 12.4. The highest BCUT2D eigenvalue weighted by Crippen LogP contribution is 2.25. The van der Waals surface area contributed by atoms with Crippen LogP contribution in [-0.4, -0.2) is 76.6 Å². The lowest BCUT2D eigenvalue weighted by Crippen LogP contribution is -2.60. The van der Waals surface area contributed by atoms with Gasteiger partial charge in [0.25, 0.3) is 0 Å². The first-order chi connectivity index (χ1) is 9.52. The van der Waals surface area contributed by atoms with E-state index in [9.17, 15) is 9.59 Å². The van der Waals surface area contributed by atoms with Gasteiger partial charge in [-0.05, 0) is 32.7 Å². The molecular formula is C14H25N3O3. The van der Waals surface area contributed by atoms with Crippen molar-refractivity contribution in [1.29, 1.82) is 0 Å². The fourth-order valence-corrected chi connectivity index (χ4v) is 3.31. The van der Waals surface area contributed by atoms with Crippen LogP contribution in [0.1, 0.15) is 33.1 Å². The van der Waals surface area contributed by atoms with Gasteiger partial charge in [-0.2, -0.15) is 0 Å². The molecule has 114 valence electrons. The molecule has 6 nitrogen and oxygen atoms in total. The van der Waals surface area contributed by atoms with Crippen LogP contribution in [-0.2, 0) is 4.79 Å². The topological polar surface area (TPSA) is 64.1 Å². The number of rotatable bonds is 4. The van der Waals surface area contributed by atoms with Gasteiger partial charge in [-0.25, -0.2) is 4.79 Å². The molecule has 2 aliphatic rings. The van der Waals surface area contributed by atoms with Crippen molar-refractivity contribution in [3.8, 4) is 0 Å². The van der Waals surface area contributed by atoms with Crippen molar-refractivity contribution in [3.63, 3.8) is 0 Å². The molecule has 20 heavy (non-hydrogen) atoms. The van der Waals surface area contributed by atoms with Gasteiger partial charge in [0.1, 0.15) is 6.54 Å². The molecule has 0 aromatic rings. The third-order valence-corrected chi connectivity index (χ3v) is 4.27. The summed E-state index contributed by atoms with van der Waals surface area (Å²) >= 11 is 0. The molecule has 2 unspecified atom stereocenters. The number of hydrogen-bond acceptors (Lipinski definition) is 3. The summed E-state index contributed by atoms with van der Waals surface area (Å²) in [7, 11) is 0. The molecule has 2 rings (SSSR count). The van der Waals surface area contributed by atoms with Gasteiger partial charge in [0, 0.05) is 31.7 Å². The molecule has 2 saturated heterocycles. The normalized spacial score (nSPS) is 26.4. The molecular weight excluding hydrogens is 258 g/mol.